The molecule has 1 N–H and O–H groups in total. The highest BCUT2D eigenvalue weighted by Gasteiger charge is 2.12. The van der Waals surface area contributed by atoms with Gasteiger partial charge >= 0.3 is 0 Å². The molecule has 0 spiro atoms. The first-order valence-electron chi connectivity index (χ1n) is 7.95. The van der Waals surface area contributed by atoms with E-state index in [2.05, 4.69) is 25.8 Å². The highest BCUT2D eigenvalue weighted by molar-refractivity contribution is 6.02. The molecule has 0 saturated heterocycles. The Labute approximate surface area is 149 Å². The largest absolute Gasteiger partial charge is 0.320 e. The number of aromatic nitrogens is 6. The normalized spacial score (nSPS) is 10.7. The maximum atomic E-state index is 12.5. The summed E-state index contributed by atoms with van der Waals surface area (Å²) in [6.45, 7) is 2.00. The number of carbonyl (C=O) groups is 1. The van der Waals surface area contributed by atoms with Gasteiger partial charge in [0.25, 0.3) is 5.91 Å². The van der Waals surface area contributed by atoms with Crippen LogP contribution in [0.5, 0.6) is 0 Å². The van der Waals surface area contributed by atoms with Crippen molar-refractivity contribution in [3.05, 3.63) is 78.6 Å². The molecule has 2 aromatic heterocycles. The number of nitrogens with one attached hydrogen (secondary N) is 1. The number of nitrogens with zero attached hydrogens (tertiary/aromatic N) is 6. The maximum absolute atomic E-state index is 12.5. The average molecular weight is 345 g/mol. The number of amides is 1. The fourth-order valence-electron chi connectivity index (χ4n) is 2.54. The zero-order chi connectivity index (χ0) is 17.9. The van der Waals surface area contributed by atoms with Gasteiger partial charge in [0.1, 0.15) is 12.7 Å². The van der Waals surface area contributed by atoms with E-state index < -0.39 is 0 Å². The molecule has 128 valence electrons. The molecule has 1 amide bonds. The van der Waals surface area contributed by atoms with Gasteiger partial charge < -0.3 is 5.32 Å². The summed E-state index contributed by atoms with van der Waals surface area (Å²) in [6.07, 6.45) is 4.79. The van der Waals surface area contributed by atoms with Gasteiger partial charge in [-0.15, -0.1) is 15.3 Å². The zero-order valence-corrected chi connectivity index (χ0v) is 13.9. The van der Waals surface area contributed by atoms with E-state index in [1.54, 1.807) is 34.2 Å². The molecule has 0 radical (unpaired) electrons. The Hall–Kier alpha value is -3.81. The molecule has 0 unspecified atom stereocenters. The van der Waals surface area contributed by atoms with Gasteiger partial charge in [-0.05, 0) is 42.8 Å². The van der Waals surface area contributed by atoms with Crippen molar-refractivity contribution in [3.8, 4) is 11.4 Å². The van der Waals surface area contributed by atoms with E-state index in [-0.39, 0.29) is 11.6 Å². The first-order valence-corrected chi connectivity index (χ1v) is 7.95. The molecule has 26 heavy (non-hydrogen) atoms. The Balaban J connectivity index is 1.53. The third kappa shape index (κ3) is 3.20. The van der Waals surface area contributed by atoms with Crippen LogP contribution in [0.3, 0.4) is 0 Å². The lowest BCUT2D eigenvalue weighted by atomic mass is 10.2. The van der Waals surface area contributed by atoms with Gasteiger partial charge in [0.2, 0.25) is 0 Å². The van der Waals surface area contributed by atoms with Gasteiger partial charge in [-0.3, -0.25) is 9.36 Å². The van der Waals surface area contributed by atoms with Crippen LogP contribution in [-0.4, -0.2) is 35.7 Å². The number of hydrogen-bond acceptors (Lipinski definition) is 5. The predicted molar refractivity (Wildman–Crippen MR) is 95.4 cm³/mol. The third-order valence-corrected chi connectivity index (χ3v) is 3.81. The third-order valence-electron chi connectivity index (χ3n) is 3.81. The van der Waals surface area contributed by atoms with Crippen LogP contribution in [0, 0.1) is 6.92 Å². The van der Waals surface area contributed by atoms with Crippen molar-refractivity contribution in [3.63, 3.8) is 0 Å². The molecule has 0 aliphatic carbocycles. The van der Waals surface area contributed by atoms with Gasteiger partial charge in [0, 0.05) is 5.69 Å². The molecule has 2 heterocycles. The molecule has 8 nitrogen and oxygen atoms in total. The van der Waals surface area contributed by atoms with E-state index in [9.17, 15) is 4.79 Å². The van der Waals surface area contributed by atoms with Crippen LogP contribution in [0.4, 0.5) is 5.69 Å². The molecule has 0 aliphatic heterocycles. The Morgan fingerprint density at radius 2 is 1.77 bits per heavy atom. The Morgan fingerprint density at radius 3 is 2.58 bits per heavy atom. The molecular formula is C18H15N7O. The van der Waals surface area contributed by atoms with Gasteiger partial charge in [-0.25, -0.2) is 4.68 Å². The van der Waals surface area contributed by atoms with Crippen molar-refractivity contribution >= 4 is 11.6 Å². The van der Waals surface area contributed by atoms with Crippen LogP contribution in [0.1, 0.15) is 16.1 Å². The summed E-state index contributed by atoms with van der Waals surface area (Å²) in [5.74, 6) is -0.329. The van der Waals surface area contributed by atoms with Crippen LogP contribution in [-0.2, 0) is 0 Å². The van der Waals surface area contributed by atoms with Crippen LogP contribution in [0.2, 0.25) is 0 Å². The van der Waals surface area contributed by atoms with E-state index in [1.165, 1.54) is 0 Å². The van der Waals surface area contributed by atoms with Crippen LogP contribution < -0.4 is 5.32 Å². The second-order valence-electron chi connectivity index (χ2n) is 5.76. The number of anilines is 1. The summed E-state index contributed by atoms with van der Waals surface area (Å²) in [4.78, 5) is 12.5. The highest BCUT2D eigenvalue weighted by Crippen LogP contribution is 2.15. The second-order valence-corrected chi connectivity index (χ2v) is 5.76. The molecule has 0 bridgehead atoms. The predicted octanol–water partition coefficient (Wildman–Crippen LogP) is 2.41. The van der Waals surface area contributed by atoms with E-state index in [4.69, 9.17) is 0 Å². The Kier molecular flexibility index (Phi) is 3.98. The zero-order valence-electron chi connectivity index (χ0n) is 13.9. The number of carbonyl (C=O) groups excluding carboxylic acids is 1. The summed E-state index contributed by atoms with van der Waals surface area (Å²) < 4.78 is 3.33. The standard InChI is InChI=1S/C18H15N7O/c1-13-4-2-7-16(8-13)25-10-17(22-23-25)18(26)21-14-5-3-6-15(9-14)24-11-19-20-12-24/h2-12H,1H3,(H,21,26). The Morgan fingerprint density at radius 1 is 1.00 bits per heavy atom. The minimum atomic E-state index is -0.329. The first kappa shape index (κ1) is 15.7. The van der Waals surface area contributed by atoms with Gasteiger partial charge in [-0.1, -0.05) is 23.4 Å². The Bertz CT molecular complexity index is 1050. The highest BCUT2D eigenvalue weighted by atomic mass is 16.2. The number of aryl methyl sites for hydroxylation is 1. The van der Waals surface area contributed by atoms with Crippen molar-refractivity contribution in [2.45, 2.75) is 6.92 Å². The lowest BCUT2D eigenvalue weighted by Crippen LogP contribution is -2.12. The summed E-state index contributed by atoms with van der Waals surface area (Å²) in [6, 6.07) is 15.2. The van der Waals surface area contributed by atoms with Crippen molar-refractivity contribution in [2.75, 3.05) is 5.32 Å². The van der Waals surface area contributed by atoms with E-state index in [0.717, 1.165) is 16.9 Å². The quantitative estimate of drug-likeness (QED) is 0.613. The SMILES string of the molecule is Cc1cccc(-n2cc(C(=O)Nc3cccc(-n4cnnc4)c3)nn2)c1. The number of hydrogen-bond donors (Lipinski definition) is 1. The molecule has 4 aromatic rings. The van der Waals surface area contributed by atoms with Crippen LogP contribution in [0.15, 0.2) is 67.4 Å². The second kappa shape index (κ2) is 6.60. The van der Waals surface area contributed by atoms with Crippen LogP contribution in [0.25, 0.3) is 11.4 Å². The van der Waals surface area contributed by atoms with E-state index >= 15 is 0 Å². The molecule has 0 fully saturated rings. The molecule has 0 aliphatic rings. The molecule has 0 atom stereocenters. The minimum Gasteiger partial charge on any atom is -0.320 e. The summed E-state index contributed by atoms with van der Waals surface area (Å²) in [5, 5.41) is 18.4. The fraction of sp³-hybridized carbons (Fsp3) is 0.0556. The maximum Gasteiger partial charge on any atom is 0.277 e. The van der Waals surface area contributed by atoms with Crippen molar-refractivity contribution < 1.29 is 4.79 Å². The van der Waals surface area contributed by atoms with E-state index in [0.29, 0.717) is 5.69 Å². The van der Waals surface area contributed by atoms with E-state index in [1.807, 2.05) is 49.4 Å². The topological polar surface area (TPSA) is 90.5 Å². The lowest BCUT2D eigenvalue weighted by Gasteiger charge is -2.06. The first-order chi connectivity index (χ1) is 12.7. The van der Waals surface area contributed by atoms with Crippen LogP contribution >= 0.6 is 0 Å². The molecular weight excluding hydrogens is 330 g/mol. The average Bonchev–Trinajstić information content (AvgIpc) is 3.34. The minimum absolute atomic E-state index is 0.237. The molecule has 2 aromatic carbocycles. The monoisotopic (exact) mass is 345 g/mol. The van der Waals surface area contributed by atoms with Crippen molar-refractivity contribution in [1.82, 2.24) is 29.8 Å². The fourth-order valence-corrected chi connectivity index (χ4v) is 2.54. The number of benzene rings is 2. The molecule has 0 saturated carbocycles. The van der Waals surface area contributed by atoms with Crippen molar-refractivity contribution in [1.29, 1.82) is 0 Å². The van der Waals surface area contributed by atoms with Gasteiger partial charge in [0.05, 0.1) is 17.6 Å². The van der Waals surface area contributed by atoms with Crippen molar-refractivity contribution in [2.24, 2.45) is 0 Å². The summed E-state index contributed by atoms with van der Waals surface area (Å²) >= 11 is 0. The smallest absolute Gasteiger partial charge is 0.277 e. The molecule has 4 rings (SSSR count). The van der Waals surface area contributed by atoms with Gasteiger partial charge in [-0.2, -0.15) is 0 Å². The molecule has 8 heteroatoms. The van der Waals surface area contributed by atoms with Gasteiger partial charge in [0.15, 0.2) is 5.69 Å². The lowest BCUT2D eigenvalue weighted by molar-refractivity contribution is 0.102. The summed E-state index contributed by atoms with van der Waals surface area (Å²) in [5.41, 5.74) is 3.68. The summed E-state index contributed by atoms with van der Waals surface area (Å²) in [7, 11) is 0. The number of rotatable bonds is 4.